The average molecular weight is 360 g/mol. The number of methoxy groups -OCH3 is 1. The van der Waals surface area contributed by atoms with Gasteiger partial charge in [-0.25, -0.2) is 0 Å². The van der Waals surface area contributed by atoms with Crippen molar-refractivity contribution in [1.82, 2.24) is 25.1 Å². The molecule has 2 heterocycles. The van der Waals surface area contributed by atoms with E-state index >= 15 is 0 Å². The molecule has 25 heavy (non-hydrogen) atoms. The summed E-state index contributed by atoms with van der Waals surface area (Å²) in [6.07, 6.45) is 3.91. The molecule has 2 aromatic heterocycles. The van der Waals surface area contributed by atoms with Crippen molar-refractivity contribution >= 4 is 28.4 Å². The van der Waals surface area contributed by atoms with Crippen LogP contribution in [0, 0.1) is 0 Å². The van der Waals surface area contributed by atoms with Crippen LogP contribution in [0.1, 0.15) is 16.2 Å². The molecule has 0 atom stereocenters. The molecule has 0 saturated heterocycles. The highest BCUT2D eigenvalue weighted by molar-refractivity contribution is 6.35. The number of hydrogen-bond acceptors (Lipinski definition) is 5. The van der Waals surface area contributed by atoms with Gasteiger partial charge < -0.3 is 14.6 Å². The van der Waals surface area contributed by atoms with E-state index in [1.165, 1.54) is 0 Å². The van der Waals surface area contributed by atoms with E-state index in [1.807, 2.05) is 10.6 Å². The summed E-state index contributed by atoms with van der Waals surface area (Å²) in [5, 5.41) is 12.0. The number of benzene rings is 1. The van der Waals surface area contributed by atoms with Gasteiger partial charge in [0.25, 0.3) is 5.91 Å². The molecule has 0 fully saturated rings. The highest BCUT2D eigenvalue weighted by Gasteiger charge is 2.15. The maximum atomic E-state index is 12.6. The van der Waals surface area contributed by atoms with Crippen molar-refractivity contribution in [1.29, 1.82) is 0 Å². The molecule has 8 heteroatoms. The van der Waals surface area contributed by atoms with Crippen molar-refractivity contribution in [3.05, 3.63) is 53.2 Å². The Kier molecular flexibility index (Phi) is 5.57. The second kappa shape index (κ2) is 8.04. The summed E-state index contributed by atoms with van der Waals surface area (Å²) < 4.78 is 6.97. The maximum absolute atomic E-state index is 12.6. The lowest BCUT2D eigenvalue weighted by atomic mass is 10.1. The average Bonchev–Trinajstić information content (AvgIpc) is 3.07. The van der Waals surface area contributed by atoms with Gasteiger partial charge in [0.05, 0.1) is 22.7 Å². The zero-order chi connectivity index (χ0) is 17.6. The van der Waals surface area contributed by atoms with Gasteiger partial charge in [-0.15, -0.1) is 10.2 Å². The first kappa shape index (κ1) is 17.3. The first-order valence-corrected chi connectivity index (χ1v) is 8.25. The third-order valence-electron chi connectivity index (χ3n) is 3.83. The lowest BCUT2D eigenvalue weighted by Gasteiger charge is -2.10. The number of fused-ring (bicyclic) bond motifs is 1. The summed E-state index contributed by atoms with van der Waals surface area (Å²) >= 11 is 6.23. The lowest BCUT2D eigenvalue weighted by molar-refractivity contribution is 0.0955. The standard InChI is InChI=1S/C17H18ClN5O2/c1-25-10-9-23-11-21-22-15(23)6-8-20-17(24)16-12-3-2-7-19-14(12)5-4-13(16)18/h2-5,7,11H,6,8-10H2,1H3,(H,20,24). The Balaban J connectivity index is 1.68. The molecule has 1 amide bonds. The normalized spacial score (nSPS) is 11.0. The number of rotatable bonds is 7. The highest BCUT2D eigenvalue weighted by Crippen LogP contribution is 2.24. The molecule has 0 aliphatic rings. The van der Waals surface area contributed by atoms with Crippen LogP contribution in [0.3, 0.4) is 0 Å². The zero-order valence-electron chi connectivity index (χ0n) is 13.8. The predicted molar refractivity (Wildman–Crippen MR) is 94.7 cm³/mol. The maximum Gasteiger partial charge on any atom is 0.253 e. The molecular formula is C17H18ClN5O2. The molecule has 0 aliphatic carbocycles. The SMILES string of the molecule is COCCn1cnnc1CCNC(=O)c1c(Cl)ccc2ncccc12. The molecule has 0 saturated carbocycles. The van der Waals surface area contributed by atoms with Crippen molar-refractivity contribution in [3.63, 3.8) is 0 Å². The lowest BCUT2D eigenvalue weighted by Crippen LogP contribution is -2.27. The van der Waals surface area contributed by atoms with Crippen molar-refractivity contribution in [2.45, 2.75) is 13.0 Å². The molecule has 0 radical (unpaired) electrons. The monoisotopic (exact) mass is 359 g/mol. The number of aromatic nitrogens is 4. The molecule has 1 N–H and O–H groups in total. The van der Waals surface area contributed by atoms with Crippen LogP contribution in [-0.2, 0) is 17.7 Å². The van der Waals surface area contributed by atoms with Gasteiger partial charge in [0.1, 0.15) is 12.2 Å². The summed E-state index contributed by atoms with van der Waals surface area (Å²) in [4.78, 5) is 16.8. The third kappa shape index (κ3) is 3.94. The predicted octanol–water partition coefficient (Wildman–Crippen LogP) is 2.10. The Morgan fingerprint density at radius 2 is 2.24 bits per heavy atom. The Hall–Kier alpha value is -2.51. The van der Waals surface area contributed by atoms with Crippen molar-refractivity contribution in [2.24, 2.45) is 0 Å². The molecule has 130 valence electrons. The van der Waals surface area contributed by atoms with Gasteiger partial charge >= 0.3 is 0 Å². The van der Waals surface area contributed by atoms with Crippen LogP contribution < -0.4 is 5.32 Å². The molecule has 0 spiro atoms. The fourth-order valence-electron chi connectivity index (χ4n) is 2.58. The summed E-state index contributed by atoms with van der Waals surface area (Å²) in [6.45, 7) is 1.68. The van der Waals surface area contributed by atoms with Gasteiger partial charge in [-0.1, -0.05) is 17.7 Å². The first-order valence-electron chi connectivity index (χ1n) is 7.87. The van der Waals surface area contributed by atoms with Crippen LogP contribution in [0.5, 0.6) is 0 Å². The van der Waals surface area contributed by atoms with Crippen LogP contribution in [-0.4, -0.2) is 45.9 Å². The minimum absolute atomic E-state index is 0.230. The fourth-order valence-corrected chi connectivity index (χ4v) is 2.83. The van der Waals surface area contributed by atoms with Crippen molar-refractivity contribution in [3.8, 4) is 0 Å². The van der Waals surface area contributed by atoms with E-state index < -0.39 is 0 Å². The van der Waals surface area contributed by atoms with E-state index in [1.54, 1.807) is 37.8 Å². The number of nitrogens with zero attached hydrogens (tertiary/aromatic N) is 4. The number of carbonyl (C=O) groups excluding carboxylic acids is 1. The number of ether oxygens (including phenoxy) is 1. The van der Waals surface area contributed by atoms with Gasteiger partial charge in [-0.2, -0.15) is 0 Å². The van der Waals surface area contributed by atoms with Crippen LogP contribution >= 0.6 is 11.6 Å². The summed E-state index contributed by atoms with van der Waals surface area (Å²) in [5.41, 5.74) is 1.17. The second-order valence-electron chi connectivity index (χ2n) is 5.43. The van der Waals surface area contributed by atoms with Crippen molar-refractivity contribution in [2.75, 3.05) is 20.3 Å². The molecule has 0 unspecified atom stereocenters. The van der Waals surface area contributed by atoms with E-state index in [0.29, 0.717) is 36.7 Å². The zero-order valence-corrected chi connectivity index (χ0v) is 14.5. The summed E-state index contributed by atoms with van der Waals surface area (Å²) in [5.74, 6) is 0.564. The van der Waals surface area contributed by atoms with Crippen molar-refractivity contribution < 1.29 is 9.53 Å². The number of hydrogen-bond donors (Lipinski definition) is 1. The van der Waals surface area contributed by atoms with E-state index in [0.717, 1.165) is 16.7 Å². The van der Waals surface area contributed by atoms with Crippen LogP contribution in [0.2, 0.25) is 5.02 Å². The number of pyridine rings is 1. The van der Waals surface area contributed by atoms with Gasteiger partial charge in [-0.3, -0.25) is 9.78 Å². The topological polar surface area (TPSA) is 81.9 Å². The summed E-state index contributed by atoms with van der Waals surface area (Å²) in [6, 6.07) is 7.11. The molecule has 3 aromatic rings. The Bertz CT molecular complexity index is 880. The van der Waals surface area contributed by atoms with Gasteiger partial charge in [0.15, 0.2) is 0 Å². The van der Waals surface area contributed by atoms with Gasteiger partial charge in [-0.05, 0) is 18.2 Å². The van der Waals surface area contributed by atoms with E-state index in [-0.39, 0.29) is 5.91 Å². The Morgan fingerprint density at radius 3 is 3.08 bits per heavy atom. The van der Waals surface area contributed by atoms with Crippen LogP contribution in [0.4, 0.5) is 0 Å². The van der Waals surface area contributed by atoms with Crippen LogP contribution in [0.15, 0.2) is 36.8 Å². The molecule has 0 bridgehead atoms. The largest absolute Gasteiger partial charge is 0.383 e. The smallest absolute Gasteiger partial charge is 0.253 e. The van der Waals surface area contributed by atoms with E-state index in [2.05, 4.69) is 20.5 Å². The quantitative estimate of drug-likeness (QED) is 0.698. The van der Waals surface area contributed by atoms with Gasteiger partial charge in [0, 0.05) is 38.2 Å². The first-order chi connectivity index (χ1) is 12.2. The molecule has 3 rings (SSSR count). The fraction of sp³-hybridized carbons (Fsp3) is 0.294. The minimum Gasteiger partial charge on any atom is -0.383 e. The highest BCUT2D eigenvalue weighted by atomic mass is 35.5. The number of amides is 1. The number of carbonyl (C=O) groups is 1. The minimum atomic E-state index is -0.230. The molecule has 1 aromatic carbocycles. The second-order valence-corrected chi connectivity index (χ2v) is 5.84. The molecule has 0 aliphatic heterocycles. The Morgan fingerprint density at radius 1 is 1.36 bits per heavy atom. The number of halogens is 1. The van der Waals surface area contributed by atoms with Crippen LogP contribution in [0.25, 0.3) is 10.9 Å². The molecular weight excluding hydrogens is 342 g/mol. The Labute approximate surface area is 150 Å². The molecule has 7 nitrogen and oxygen atoms in total. The van der Waals surface area contributed by atoms with E-state index in [9.17, 15) is 4.79 Å². The van der Waals surface area contributed by atoms with Gasteiger partial charge in [0.2, 0.25) is 0 Å². The summed E-state index contributed by atoms with van der Waals surface area (Å²) in [7, 11) is 1.65. The van der Waals surface area contributed by atoms with E-state index in [4.69, 9.17) is 16.3 Å². The number of nitrogens with one attached hydrogen (secondary N) is 1. The third-order valence-corrected chi connectivity index (χ3v) is 4.14.